The molecule has 5 fully saturated rings. The Morgan fingerprint density at radius 2 is 1.52 bits per heavy atom. The smallest absolute Gasteiger partial charge is 0.407 e. The molecule has 3 aliphatic carbocycles. The van der Waals surface area contributed by atoms with E-state index in [1.54, 1.807) is 24.3 Å². The molecule has 4 bridgehead atoms. The van der Waals surface area contributed by atoms with Crippen molar-refractivity contribution in [3.8, 4) is 5.88 Å². The molecule has 5 atom stereocenters. The first-order valence-corrected chi connectivity index (χ1v) is 22.7. The van der Waals surface area contributed by atoms with Gasteiger partial charge in [-0.3, -0.25) is 19.1 Å². The van der Waals surface area contributed by atoms with Crippen molar-refractivity contribution in [2.45, 2.75) is 144 Å². The third-order valence-electron chi connectivity index (χ3n) is 13.4. The second kappa shape index (κ2) is 16.1. The second-order valence-corrected chi connectivity index (χ2v) is 19.6. The van der Waals surface area contributed by atoms with E-state index in [0.29, 0.717) is 50.5 Å². The highest BCUT2D eigenvalue weighted by Gasteiger charge is 2.62. The van der Waals surface area contributed by atoms with Crippen molar-refractivity contribution < 1.29 is 45.9 Å². The van der Waals surface area contributed by atoms with Gasteiger partial charge in [-0.15, -0.1) is 0 Å². The summed E-state index contributed by atoms with van der Waals surface area (Å²) in [5, 5.41) is 5.03. The molecule has 4 heterocycles. The van der Waals surface area contributed by atoms with Crippen molar-refractivity contribution in [2.24, 2.45) is 17.3 Å². The van der Waals surface area contributed by atoms with E-state index in [1.165, 1.54) is 4.90 Å². The number of para-hydroxylation sites is 2. The van der Waals surface area contributed by atoms with Crippen molar-refractivity contribution in [2.75, 3.05) is 19.7 Å². The van der Waals surface area contributed by atoms with E-state index in [-0.39, 0.29) is 49.4 Å². The number of fused-ring (bicyclic) bond motifs is 7. The fourth-order valence-corrected chi connectivity index (χ4v) is 10.7. The van der Waals surface area contributed by atoms with Crippen LogP contribution in [0.2, 0.25) is 0 Å². The maximum atomic E-state index is 16.4. The highest BCUT2D eigenvalue weighted by molar-refractivity contribution is 7.91. The largest absolute Gasteiger partial charge is 0.470 e. The number of sulfonamides is 1. The van der Waals surface area contributed by atoms with Crippen molar-refractivity contribution in [1.29, 1.82) is 0 Å². The Kier molecular flexibility index (Phi) is 11.3. The number of nitrogens with zero attached hydrogens (tertiary/aromatic N) is 3. The Morgan fingerprint density at radius 1 is 0.845 bits per heavy atom. The lowest BCUT2D eigenvalue weighted by Crippen LogP contribution is -2.55. The Labute approximate surface area is 337 Å². The van der Waals surface area contributed by atoms with Gasteiger partial charge in [-0.05, 0) is 75.8 Å². The van der Waals surface area contributed by atoms with Gasteiger partial charge in [0, 0.05) is 18.4 Å². The Balaban J connectivity index is 1.15. The van der Waals surface area contributed by atoms with E-state index in [2.05, 4.69) is 25.3 Å². The molecule has 1 aromatic carbocycles. The summed E-state index contributed by atoms with van der Waals surface area (Å²) in [4.78, 5) is 66.4. The summed E-state index contributed by atoms with van der Waals surface area (Å²) in [7, 11) is -3.93. The molecule has 1 spiro atoms. The van der Waals surface area contributed by atoms with Crippen LogP contribution in [0.15, 0.2) is 24.3 Å². The molecule has 2 saturated heterocycles. The van der Waals surface area contributed by atoms with Crippen LogP contribution < -0.4 is 20.1 Å². The van der Waals surface area contributed by atoms with E-state index in [9.17, 15) is 27.6 Å². The number of cyclic esters (lactones) is 1. The topological polar surface area (TPSA) is 186 Å². The average molecular weight is 829 g/mol. The maximum absolute atomic E-state index is 16.4. The third kappa shape index (κ3) is 8.60. The Bertz CT molecular complexity index is 2030. The van der Waals surface area contributed by atoms with Gasteiger partial charge in [-0.2, -0.15) is 8.78 Å². The maximum Gasteiger partial charge on any atom is 0.407 e. The first-order valence-electron chi connectivity index (χ1n) is 21.2. The quantitative estimate of drug-likeness (QED) is 0.363. The van der Waals surface area contributed by atoms with Gasteiger partial charge in [0.15, 0.2) is 5.69 Å². The van der Waals surface area contributed by atoms with Crippen LogP contribution in [0, 0.1) is 17.3 Å². The van der Waals surface area contributed by atoms with Gasteiger partial charge in [0.2, 0.25) is 27.7 Å². The standard InChI is InChI=1S/C41H54F2N6O8S/c42-41(43)21-10-4-9-18-39(19-11-20-39)25-56-38(53)46-31-15-6-3-1-2-5-12-26-22-40(26,37(52)48-58(54,55)27-16-17-27)47-34(50)28-23-49(36(31)51)24-32(28)57-35-33(41)44-29-13-7-8-14-30(29)45-35/h7-8,13-14,26-28,31-32H,1-6,9-12,15-25H2,(H,46,53)(H,47,50)(H,48,52)/t26-,28?,31+,32+,40-/m1/s1. The van der Waals surface area contributed by atoms with Gasteiger partial charge >= 0.3 is 6.09 Å². The predicted molar refractivity (Wildman–Crippen MR) is 207 cm³/mol. The molecule has 0 radical (unpaired) electrons. The Hall–Kier alpha value is -4.15. The van der Waals surface area contributed by atoms with E-state index in [4.69, 9.17) is 9.47 Å². The summed E-state index contributed by atoms with van der Waals surface area (Å²) < 4.78 is 72.9. The van der Waals surface area contributed by atoms with Crippen molar-refractivity contribution in [3.05, 3.63) is 30.0 Å². The highest BCUT2D eigenvalue weighted by atomic mass is 32.2. The molecular formula is C41H54F2N6O8S. The lowest BCUT2D eigenvalue weighted by Gasteiger charge is -2.41. The molecule has 17 heteroatoms. The molecule has 1 aromatic heterocycles. The number of alkyl carbamates (subject to hydrolysis) is 1. The van der Waals surface area contributed by atoms with Crippen LogP contribution in [0.1, 0.15) is 121 Å². The van der Waals surface area contributed by atoms with E-state index >= 15 is 8.78 Å². The van der Waals surface area contributed by atoms with Gasteiger partial charge in [-0.25, -0.2) is 23.2 Å². The zero-order chi connectivity index (χ0) is 40.7. The second-order valence-electron chi connectivity index (χ2n) is 17.6. The predicted octanol–water partition coefficient (Wildman–Crippen LogP) is 5.38. The van der Waals surface area contributed by atoms with Crippen LogP contribution in [-0.4, -0.2) is 89.7 Å². The average Bonchev–Trinajstić information content (AvgIpc) is 4.10. The van der Waals surface area contributed by atoms with Crippen molar-refractivity contribution in [3.63, 3.8) is 0 Å². The lowest BCUT2D eigenvalue weighted by atomic mass is 9.66. The number of benzene rings is 1. The minimum atomic E-state index is -3.93. The van der Waals surface area contributed by atoms with Gasteiger partial charge in [0.05, 0.1) is 35.4 Å². The molecule has 1 unspecified atom stereocenters. The summed E-state index contributed by atoms with van der Waals surface area (Å²) in [6.07, 6.45) is 8.23. The number of carbonyl (C=O) groups excluding carboxylic acids is 4. The number of hydrogen-bond donors (Lipinski definition) is 3. The van der Waals surface area contributed by atoms with Gasteiger partial charge in [0.25, 0.3) is 11.8 Å². The first-order chi connectivity index (χ1) is 27.8. The minimum absolute atomic E-state index is 0.173. The number of carbonyl (C=O) groups is 4. The van der Waals surface area contributed by atoms with E-state index < -0.39 is 86.6 Å². The summed E-state index contributed by atoms with van der Waals surface area (Å²) in [6, 6.07) is 5.60. The molecular weight excluding hydrogens is 775 g/mol. The summed E-state index contributed by atoms with van der Waals surface area (Å²) in [6.45, 7) is -0.265. The molecule has 3 N–H and O–H groups in total. The summed E-state index contributed by atoms with van der Waals surface area (Å²) >= 11 is 0. The number of halogens is 2. The zero-order valence-electron chi connectivity index (χ0n) is 32.8. The number of rotatable bonds is 3. The highest BCUT2D eigenvalue weighted by Crippen LogP contribution is 2.49. The fourth-order valence-electron chi connectivity index (χ4n) is 9.37. The number of nitrogens with one attached hydrogen (secondary N) is 3. The van der Waals surface area contributed by atoms with Crippen LogP contribution in [0.4, 0.5) is 13.6 Å². The van der Waals surface area contributed by atoms with Crippen LogP contribution in [0.3, 0.4) is 0 Å². The van der Waals surface area contributed by atoms with Crippen molar-refractivity contribution >= 4 is 44.9 Å². The molecule has 4 amide bonds. The molecule has 2 aromatic rings. The number of amides is 4. The summed E-state index contributed by atoms with van der Waals surface area (Å²) in [5.41, 5.74) is -1.84. The monoisotopic (exact) mass is 828 g/mol. The van der Waals surface area contributed by atoms with Crippen LogP contribution in [0.25, 0.3) is 11.0 Å². The lowest BCUT2D eigenvalue weighted by molar-refractivity contribution is -0.134. The van der Waals surface area contributed by atoms with Gasteiger partial charge < -0.3 is 25.0 Å². The number of hydrogen-bond acceptors (Lipinski definition) is 10. The normalized spacial score (nSPS) is 30.9. The van der Waals surface area contributed by atoms with Crippen LogP contribution in [0.5, 0.6) is 5.88 Å². The van der Waals surface area contributed by atoms with Crippen LogP contribution >= 0.6 is 0 Å². The number of alkyl halides is 2. The zero-order valence-corrected chi connectivity index (χ0v) is 33.6. The molecule has 8 rings (SSSR count). The Morgan fingerprint density at radius 3 is 2.24 bits per heavy atom. The molecule has 3 aliphatic heterocycles. The molecule has 316 valence electrons. The molecule has 14 nitrogen and oxygen atoms in total. The number of ether oxygens (including phenoxy) is 2. The molecule has 6 aliphatic rings. The van der Waals surface area contributed by atoms with Crippen molar-refractivity contribution in [1.82, 2.24) is 30.2 Å². The fraction of sp³-hybridized carbons (Fsp3) is 0.707. The minimum Gasteiger partial charge on any atom is -0.470 e. The van der Waals surface area contributed by atoms with Gasteiger partial charge in [0.1, 0.15) is 17.7 Å². The first kappa shape index (κ1) is 40.6. The van der Waals surface area contributed by atoms with E-state index in [0.717, 1.165) is 51.4 Å². The van der Waals surface area contributed by atoms with Gasteiger partial charge in [-0.1, -0.05) is 63.5 Å². The molecule has 58 heavy (non-hydrogen) atoms. The molecule has 3 saturated carbocycles. The number of aromatic nitrogens is 2. The van der Waals surface area contributed by atoms with Crippen LogP contribution in [-0.2, 0) is 35.1 Å². The third-order valence-corrected chi connectivity index (χ3v) is 15.2. The SMILES string of the molecule is O=C1N[C@H]2CCCCCCC[C@@H]3C[C@@]3(C(=O)NS(=O)(=O)C3CC3)NC(=O)C3CN(C[C@@H]3Oc3nc4ccccc4nc3C(F)(F)CCCCCC3(CCC3)CO1)C2=O. The van der Waals surface area contributed by atoms with E-state index in [1.807, 2.05) is 0 Å². The summed E-state index contributed by atoms with van der Waals surface area (Å²) in [5.74, 6) is -7.39.